The molecule has 0 spiro atoms. The summed E-state index contributed by atoms with van der Waals surface area (Å²) in [5, 5.41) is 0. The molecule has 0 amide bonds. The van der Waals surface area contributed by atoms with Crippen LogP contribution in [0.25, 0.3) is 0 Å². The molecule has 0 unspecified atom stereocenters. The van der Waals surface area contributed by atoms with Crippen molar-refractivity contribution in [1.82, 2.24) is 0 Å². The van der Waals surface area contributed by atoms with Crippen LogP contribution in [-0.4, -0.2) is 0 Å². The van der Waals surface area contributed by atoms with Crippen LogP contribution < -0.4 is 0 Å². The van der Waals surface area contributed by atoms with Gasteiger partial charge in [0.25, 0.3) is 0 Å². The molecule has 0 N–H and O–H groups in total. The first-order valence-electron chi connectivity index (χ1n) is 1.97. The Labute approximate surface area is 63.5 Å². The number of hydrogen-bond donors (Lipinski definition) is 0. The van der Waals surface area contributed by atoms with Gasteiger partial charge in [0.05, 0.1) is 0 Å². The van der Waals surface area contributed by atoms with Crippen LogP contribution in [0.15, 0.2) is 22.1 Å². The predicted molar refractivity (Wildman–Crippen MR) is 29.3 cm³/mol. The zero-order valence-electron chi connectivity index (χ0n) is 4.66. The van der Waals surface area contributed by atoms with E-state index < -0.39 is 0 Å². The zero-order valence-corrected chi connectivity index (χ0v) is 6.23. The van der Waals surface area contributed by atoms with E-state index in [4.69, 9.17) is 0 Å². The van der Waals surface area contributed by atoms with Crippen LogP contribution in [0.5, 0.6) is 0 Å². The number of rotatable bonds is 0. The Kier molecular flexibility index (Phi) is 14.2. The molecule has 0 aromatic rings. The van der Waals surface area contributed by atoms with Gasteiger partial charge in [0, 0.05) is 0 Å². The first-order chi connectivity index (χ1) is 2.89. The molecule has 0 saturated carbocycles. The fraction of sp³-hybridized carbons (Fsp3) is 0.200. The number of hydrogen-bond acceptors (Lipinski definition) is 0. The fourth-order valence-corrected chi connectivity index (χ4v) is 0.782. The third-order valence-corrected chi connectivity index (χ3v) is 1.35. The summed E-state index contributed by atoms with van der Waals surface area (Å²) in [5.74, 6) is 0. The van der Waals surface area contributed by atoms with Gasteiger partial charge in [-0.2, -0.15) is 0 Å². The summed E-state index contributed by atoms with van der Waals surface area (Å²) in [5.41, 5.74) is 0. The third-order valence-electron chi connectivity index (χ3n) is 0.771. The van der Waals surface area contributed by atoms with Crippen molar-refractivity contribution in [3.8, 4) is 0 Å². The van der Waals surface area contributed by atoms with E-state index in [1.54, 1.807) is 0 Å². The van der Waals surface area contributed by atoms with Gasteiger partial charge in [0.2, 0.25) is 0 Å². The van der Waals surface area contributed by atoms with E-state index in [-0.39, 0.29) is 14.1 Å². The molecule has 1 aliphatic rings. The van der Waals surface area contributed by atoms with Crippen molar-refractivity contribution < 1.29 is 34.5 Å². The summed E-state index contributed by atoms with van der Waals surface area (Å²) in [6.45, 7) is 0. The van der Waals surface area contributed by atoms with Gasteiger partial charge < -0.3 is 0 Å². The van der Waals surface area contributed by atoms with E-state index in [9.17, 15) is 0 Å². The quantitative estimate of drug-likeness (QED) is 0.490. The molecule has 0 saturated heterocycles. The molecular weight excluding hydrogens is 165 g/mol. The van der Waals surface area contributed by atoms with Gasteiger partial charge in [0.1, 0.15) is 0 Å². The summed E-state index contributed by atoms with van der Waals surface area (Å²) in [4.78, 5) is 0. The molecule has 0 nitrogen and oxygen atoms in total. The molecule has 1 rings (SSSR count). The van der Waals surface area contributed by atoms with Gasteiger partial charge in [-0.05, 0) is 0 Å². The van der Waals surface area contributed by atoms with E-state index in [0.29, 0.717) is 0 Å². The third kappa shape index (κ3) is 5.86. The molecule has 53 valence electrons. The van der Waals surface area contributed by atoms with Gasteiger partial charge in [0.15, 0.2) is 0 Å². The molecule has 1 aliphatic carbocycles. The molecule has 4 heteroatoms. The molecule has 0 heterocycles. The molecule has 0 atom stereocenters. The van der Waals surface area contributed by atoms with Gasteiger partial charge in [-0.1, -0.05) is 0 Å². The number of allylic oxidation sites excluding steroid dienone is 4. The zero-order chi connectivity index (χ0) is 4.41. The monoisotopic (exact) mass is 173 g/mol. The SMILES string of the molecule is F.F.F.[Ti][C]1=CC=CC1. The predicted octanol–water partition coefficient (Wildman–Crippen LogP) is 1.83. The molecule has 0 bridgehead atoms. The minimum atomic E-state index is 0. The van der Waals surface area contributed by atoms with Crippen molar-refractivity contribution in [3.63, 3.8) is 0 Å². The summed E-state index contributed by atoms with van der Waals surface area (Å²) in [6, 6.07) is 0. The molecule has 0 aromatic carbocycles. The van der Waals surface area contributed by atoms with Crippen LogP contribution in [-0.2, 0) is 20.4 Å². The average molecular weight is 173 g/mol. The van der Waals surface area contributed by atoms with Crippen molar-refractivity contribution in [1.29, 1.82) is 0 Å². The first kappa shape index (κ1) is 16.0. The standard InChI is InChI=1S/C5H5.3FH.Ti/c1-2-4-5-3-1;;;;/h1-3H,4H2;3*1H;. The van der Waals surface area contributed by atoms with Crippen molar-refractivity contribution in [3.05, 3.63) is 22.1 Å². The van der Waals surface area contributed by atoms with Crippen molar-refractivity contribution >= 4 is 0 Å². The maximum atomic E-state index is 2.16. The molecule has 0 fully saturated rings. The number of halogens is 3. The molecule has 0 aromatic heterocycles. The summed E-state index contributed by atoms with van der Waals surface area (Å²) in [6.07, 6.45) is 7.56. The normalized spacial score (nSPS) is 12.1. The Hall–Kier alpha value is -0.0157. The van der Waals surface area contributed by atoms with E-state index in [0.717, 1.165) is 0 Å². The average Bonchev–Trinajstić information content (AvgIpc) is 1.86. The second-order valence-electron chi connectivity index (χ2n) is 1.32. The van der Waals surface area contributed by atoms with Gasteiger partial charge in [-0.15, -0.1) is 0 Å². The van der Waals surface area contributed by atoms with Crippen LogP contribution >= 0.6 is 0 Å². The minimum absolute atomic E-state index is 0. The van der Waals surface area contributed by atoms with Crippen LogP contribution in [0.2, 0.25) is 0 Å². The molecule has 9 heavy (non-hydrogen) atoms. The summed E-state index contributed by atoms with van der Waals surface area (Å²) < 4.78 is 1.47. The van der Waals surface area contributed by atoms with E-state index >= 15 is 0 Å². The second-order valence-corrected chi connectivity index (χ2v) is 2.33. The maximum absolute atomic E-state index is 2.16. The second kappa shape index (κ2) is 7.98. The Morgan fingerprint density at radius 3 is 1.89 bits per heavy atom. The van der Waals surface area contributed by atoms with E-state index in [1.165, 1.54) is 10.3 Å². The van der Waals surface area contributed by atoms with Gasteiger partial charge in [-0.25, -0.2) is 0 Å². The van der Waals surface area contributed by atoms with E-state index in [1.807, 2.05) is 0 Å². The van der Waals surface area contributed by atoms with Crippen LogP contribution in [0.3, 0.4) is 0 Å². The van der Waals surface area contributed by atoms with Crippen LogP contribution in [0.4, 0.5) is 14.1 Å². The van der Waals surface area contributed by atoms with Crippen molar-refractivity contribution in [2.24, 2.45) is 0 Å². The topological polar surface area (TPSA) is 0 Å². The Morgan fingerprint density at radius 1 is 1.22 bits per heavy atom. The van der Waals surface area contributed by atoms with Crippen molar-refractivity contribution in [2.75, 3.05) is 0 Å². The Balaban J connectivity index is -0.000000120. The Morgan fingerprint density at radius 2 is 1.78 bits per heavy atom. The Bertz CT molecular complexity index is 109. The fourth-order valence-electron chi connectivity index (χ4n) is 0.447. The summed E-state index contributed by atoms with van der Waals surface area (Å²) >= 11 is 2.14. The molecular formula is C5H8F3Ti. The van der Waals surface area contributed by atoms with Gasteiger partial charge >= 0.3 is 49.0 Å². The van der Waals surface area contributed by atoms with Crippen LogP contribution in [0.1, 0.15) is 6.42 Å². The van der Waals surface area contributed by atoms with Crippen LogP contribution in [0, 0.1) is 0 Å². The van der Waals surface area contributed by atoms with E-state index in [2.05, 4.69) is 38.7 Å². The van der Waals surface area contributed by atoms with Gasteiger partial charge in [-0.3, -0.25) is 14.1 Å². The molecule has 0 aliphatic heterocycles. The first-order valence-corrected chi connectivity index (χ1v) is 2.75. The molecule has 0 radical (unpaired) electrons. The van der Waals surface area contributed by atoms with Crippen molar-refractivity contribution in [2.45, 2.75) is 6.42 Å². The summed E-state index contributed by atoms with van der Waals surface area (Å²) in [7, 11) is 0.